The topological polar surface area (TPSA) is 67.3 Å². The number of nitrogens with two attached hydrogens (primary N) is 2. The fourth-order valence-electron chi connectivity index (χ4n) is 2.38. The molecule has 2 unspecified atom stereocenters. The first-order valence-electron chi connectivity index (χ1n) is 6.30. The normalized spacial score (nSPS) is 24.9. The van der Waals surface area contributed by atoms with Crippen LogP contribution in [-0.2, 0) is 0 Å². The maximum absolute atomic E-state index is 5.78. The third-order valence-electron chi connectivity index (χ3n) is 3.79. The van der Waals surface area contributed by atoms with Crippen LogP contribution < -0.4 is 16.8 Å². The van der Waals surface area contributed by atoms with Crippen LogP contribution >= 0.6 is 0 Å². The molecule has 4 nitrogen and oxygen atoms in total. The van der Waals surface area contributed by atoms with Crippen molar-refractivity contribution in [3.8, 4) is 0 Å². The summed E-state index contributed by atoms with van der Waals surface area (Å²) >= 11 is 0. The summed E-state index contributed by atoms with van der Waals surface area (Å²) in [6, 6.07) is 0.0852. The van der Waals surface area contributed by atoms with Gasteiger partial charge in [-0.15, -0.1) is 0 Å². The number of nitrogens with zero attached hydrogens (tertiary/aromatic N) is 1. The van der Waals surface area contributed by atoms with Crippen molar-refractivity contribution in [1.82, 2.24) is 10.2 Å². The van der Waals surface area contributed by atoms with Gasteiger partial charge in [0.15, 0.2) is 0 Å². The highest BCUT2D eigenvalue weighted by Crippen LogP contribution is 2.32. The van der Waals surface area contributed by atoms with E-state index in [1.807, 2.05) is 0 Å². The summed E-state index contributed by atoms with van der Waals surface area (Å²) in [6.45, 7) is 9.55. The Bertz CT molecular complexity index is 205. The highest BCUT2D eigenvalue weighted by molar-refractivity contribution is 4.87. The average Bonchev–Trinajstić information content (AvgIpc) is 2.65. The zero-order valence-electron chi connectivity index (χ0n) is 11.0. The van der Waals surface area contributed by atoms with Crippen LogP contribution in [0.3, 0.4) is 0 Å². The molecule has 1 aliphatic rings. The van der Waals surface area contributed by atoms with Crippen molar-refractivity contribution < 1.29 is 0 Å². The molecule has 0 bridgehead atoms. The van der Waals surface area contributed by atoms with E-state index < -0.39 is 0 Å². The van der Waals surface area contributed by atoms with Crippen LogP contribution in [0, 0.1) is 11.3 Å². The number of hydrogen-bond acceptors (Lipinski definition) is 4. The van der Waals surface area contributed by atoms with Crippen LogP contribution in [-0.4, -0.2) is 50.7 Å². The zero-order chi connectivity index (χ0) is 12.2. The van der Waals surface area contributed by atoms with Gasteiger partial charge >= 0.3 is 0 Å². The molecule has 1 saturated heterocycles. The predicted octanol–water partition coefficient (Wildman–Crippen LogP) is -0.160. The van der Waals surface area contributed by atoms with Crippen LogP contribution in [0.2, 0.25) is 0 Å². The summed E-state index contributed by atoms with van der Waals surface area (Å²) in [4.78, 5) is 2.41. The lowest BCUT2D eigenvalue weighted by atomic mass is 9.78. The predicted molar refractivity (Wildman–Crippen MR) is 69.3 cm³/mol. The fourth-order valence-corrected chi connectivity index (χ4v) is 2.38. The number of hydrogen-bond donors (Lipinski definition) is 3. The highest BCUT2D eigenvalue weighted by Gasteiger charge is 2.33. The Morgan fingerprint density at radius 2 is 2.19 bits per heavy atom. The van der Waals surface area contributed by atoms with Crippen molar-refractivity contribution in [1.29, 1.82) is 0 Å². The molecule has 1 heterocycles. The van der Waals surface area contributed by atoms with Crippen molar-refractivity contribution in [2.45, 2.75) is 26.3 Å². The summed E-state index contributed by atoms with van der Waals surface area (Å²) in [7, 11) is 2.20. The molecule has 96 valence electrons. The third-order valence-corrected chi connectivity index (χ3v) is 3.79. The van der Waals surface area contributed by atoms with Crippen molar-refractivity contribution in [3.63, 3.8) is 0 Å². The van der Waals surface area contributed by atoms with Gasteiger partial charge in [0.2, 0.25) is 0 Å². The van der Waals surface area contributed by atoms with Gasteiger partial charge in [-0.1, -0.05) is 13.8 Å². The van der Waals surface area contributed by atoms with Gasteiger partial charge in [-0.25, -0.2) is 0 Å². The SMILES string of the molecule is CN1CCC(C(C)(C)CNCC(N)CN)C1. The number of rotatable bonds is 6. The maximum Gasteiger partial charge on any atom is 0.0290 e. The lowest BCUT2D eigenvalue weighted by molar-refractivity contribution is 0.206. The molecular formula is C12H28N4. The lowest BCUT2D eigenvalue weighted by Gasteiger charge is -2.32. The quantitative estimate of drug-likeness (QED) is 0.591. The van der Waals surface area contributed by atoms with Gasteiger partial charge in [-0.3, -0.25) is 0 Å². The molecule has 2 atom stereocenters. The van der Waals surface area contributed by atoms with Gasteiger partial charge in [0.05, 0.1) is 0 Å². The van der Waals surface area contributed by atoms with Crippen LogP contribution in [0.5, 0.6) is 0 Å². The first-order valence-corrected chi connectivity index (χ1v) is 6.30. The highest BCUT2D eigenvalue weighted by atomic mass is 15.1. The smallest absolute Gasteiger partial charge is 0.0290 e. The minimum Gasteiger partial charge on any atom is -0.329 e. The summed E-state index contributed by atoms with van der Waals surface area (Å²) in [5.74, 6) is 0.791. The second kappa shape index (κ2) is 5.96. The summed E-state index contributed by atoms with van der Waals surface area (Å²) in [6.07, 6.45) is 1.31. The first-order chi connectivity index (χ1) is 7.45. The molecule has 0 aromatic heterocycles. The first kappa shape index (κ1) is 13.9. The molecule has 16 heavy (non-hydrogen) atoms. The largest absolute Gasteiger partial charge is 0.329 e. The van der Waals surface area contributed by atoms with E-state index in [0.717, 1.165) is 19.0 Å². The second-order valence-corrected chi connectivity index (χ2v) is 5.86. The molecule has 0 aliphatic carbocycles. The Hall–Kier alpha value is -0.160. The molecule has 0 radical (unpaired) electrons. The van der Waals surface area contributed by atoms with Gasteiger partial charge in [-0.05, 0) is 31.3 Å². The fraction of sp³-hybridized carbons (Fsp3) is 1.00. The van der Waals surface area contributed by atoms with E-state index in [4.69, 9.17) is 11.5 Å². The van der Waals surface area contributed by atoms with Crippen LogP contribution in [0.4, 0.5) is 0 Å². The number of nitrogens with one attached hydrogen (secondary N) is 1. The molecule has 5 N–H and O–H groups in total. The van der Waals surface area contributed by atoms with E-state index in [0.29, 0.717) is 12.0 Å². The Labute approximate surface area is 99.7 Å². The Morgan fingerprint density at radius 3 is 2.69 bits per heavy atom. The molecule has 1 rings (SSSR count). The van der Waals surface area contributed by atoms with Crippen molar-refractivity contribution in [2.75, 3.05) is 39.8 Å². The van der Waals surface area contributed by atoms with E-state index in [1.165, 1.54) is 19.5 Å². The minimum atomic E-state index is 0.0852. The van der Waals surface area contributed by atoms with E-state index >= 15 is 0 Å². The van der Waals surface area contributed by atoms with Crippen molar-refractivity contribution in [3.05, 3.63) is 0 Å². The van der Waals surface area contributed by atoms with Gasteiger partial charge in [0.25, 0.3) is 0 Å². The number of likely N-dealkylation sites (tertiary alicyclic amines) is 1. The molecule has 0 amide bonds. The van der Waals surface area contributed by atoms with E-state index in [1.54, 1.807) is 0 Å². The molecule has 0 aromatic carbocycles. The molecule has 0 saturated carbocycles. The van der Waals surface area contributed by atoms with Crippen LogP contribution in [0.25, 0.3) is 0 Å². The van der Waals surface area contributed by atoms with E-state index in [2.05, 4.69) is 31.1 Å². The van der Waals surface area contributed by atoms with Crippen LogP contribution in [0.1, 0.15) is 20.3 Å². The Balaban J connectivity index is 2.28. The Morgan fingerprint density at radius 1 is 1.50 bits per heavy atom. The van der Waals surface area contributed by atoms with Gasteiger partial charge in [0.1, 0.15) is 0 Å². The minimum absolute atomic E-state index is 0.0852. The lowest BCUT2D eigenvalue weighted by Crippen LogP contribution is -2.44. The monoisotopic (exact) mass is 228 g/mol. The summed E-state index contributed by atoms with van der Waals surface area (Å²) in [5.41, 5.74) is 11.6. The van der Waals surface area contributed by atoms with Crippen LogP contribution in [0.15, 0.2) is 0 Å². The summed E-state index contributed by atoms with van der Waals surface area (Å²) < 4.78 is 0. The second-order valence-electron chi connectivity index (χ2n) is 5.86. The van der Waals surface area contributed by atoms with Gasteiger partial charge < -0.3 is 21.7 Å². The standard InChI is InChI=1S/C12H28N4/c1-12(2,9-15-7-11(14)6-13)10-4-5-16(3)8-10/h10-11,15H,4-9,13-14H2,1-3H3. The maximum atomic E-state index is 5.78. The van der Waals surface area contributed by atoms with Crippen molar-refractivity contribution in [2.24, 2.45) is 22.8 Å². The van der Waals surface area contributed by atoms with Crippen molar-refractivity contribution >= 4 is 0 Å². The van der Waals surface area contributed by atoms with E-state index in [9.17, 15) is 0 Å². The average molecular weight is 228 g/mol. The molecule has 0 spiro atoms. The zero-order valence-corrected chi connectivity index (χ0v) is 11.0. The molecule has 1 aliphatic heterocycles. The molecule has 0 aromatic rings. The van der Waals surface area contributed by atoms with Gasteiger partial charge in [0, 0.05) is 32.2 Å². The van der Waals surface area contributed by atoms with E-state index in [-0.39, 0.29) is 6.04 Å². The molecule has 4 heteroatoms. The summed E-state index contributed by atoms with van der Waals surface area (Å²) in [5, 5.41) is 3.44. The van der Waals surface area contributed by atoms with Gasteiger partial charge in [-0.2, -0.15) is 0 Å². The molecular weight excluding hydrogens is 200 g/mol. The Kier molecular flexibility index (Phi) is 5.18. The molecule has 1 fully saturated rings. The third kappa shape index (κ3) is 4.01.